The first-order valence-corrected chi connectivity index (χ1v) is 13.2. The van der Waals surface area contributed by atoms with Crippen LogP contribution in [0.3, 0.4) is 0 Å². The summed E-state index contributed by atoms with van der Waals surface area (Å²) in [6.45, 7) is 5.82. The van der Waals surface area contributed by atoms with Crippen LogP contribution in [-0.2, 0) is 30.8 Å². The number of pyridine rings is 2. The summed E-state index contributed by atoms with van der Waals surface area (Å²) < 4.78 is 2.16. The fraction of sp³-hybridized carbons (Fsp3) is 0.379. The molecule has 3 aliphatic rings. The van der Waals surface area contributed by atoms with Crippen molar-refractivity contribution in [1.82, 2.24) is 19.4 Å². The summed E-state index contributed by atoms with van der Waals surface area (Å²) in [5.74, 6) is 0.788. The van der Waals surface area contributed by atoms with Gasteiger partial charge in [0.25, 0.3) is 11.8 Å². The minimum absolute atomic E-state index is 0.102. The first kappa shape index (κ1) is 25.1. The number of aromatic nitrogens is 3. The Kier molecular flexibility index (Phi) is 5.95. The molecular weight excluding hydrogens is 494 g/mol. The van der Waals surface area contributed by atoms with E-state index in [1.54, 1.807) is 41.2 Å². The Bertz CT molecular complexity index is 1520. The molecule has 2 amide bonds. The Morgan fingerprint density at radius 1 is 1.15 bits per heavy atom. The number of hydrogen-bond donors (Lipinski definition) is 3. The van der Waals surface area contributed by atoms with Gasteiger partial charge in [-0.2, -0.15) is 0 Å². The van der Waals surface area contributed by atoms with E-state index >= 15 is 0 Å². The second-order valence-corrected chi connectivity index (χ2v) is 11.4. The molecule has 0 spiro atoms. The number of fused-ring (bicyclic) bond motifs is 3. The van der Waals surface area contributed by atoms with E-state index in [9.17, 15) is 14.7 Å². The van der Waals surface area contributed by atoms with Crippen LogP contribution in [0.1, 0.15) is 52.6 Å². The number of nitrogens with zero attached hydrogens (tertiary/aromatic N) is 5. The summed E-state index contributed by atoms with van der Waals surface area (Å²) in [6.07, 6.45) is 5.45. The zero-order valence-electron chi connectivity index (χ0n) is 22.4. The molecule has 6 rings (SSSR count). The average molecular weight is 528 g/mol. The molecule has 10 heteroatoms. The van der Waals surface area contributed by atoms with Crippen LogP contribution in [0.15, 0.2) is 48.3 Å². The minimum atomic E-state index is -0.282. The SMILES string of the molecule is CN1CC(c2ccnc(N3CCn4c(cc5c4CC(C)(C)C5)C3=O)c2CO)C=C(Nc2cccc(N)n2)C1=O. The number of nitrogen functional groups attached to an aromatic ring is 1. The van der Waals surface area contributed by atoms with Gasteiger partial charge in [-0.3, -0.25) is 14.5 Å². The molecule has 0 bridgehead atoms. The van der Waals surface area contributed by atoms with Gasteiger partial charge in [-0.25, -0.2) is 9.97 Å². The fourth-order valence-electron chi connectivity index (χ4n) is 6.20. The average Bonchev–Trinajstić information content (AvgIpc) is 3.38. The van der Waals surface area contributed by atoms with Gasteiger partial charge >= 0.3 is 0 Å². The number of hydrogen-bond acceptors (Lipinski definition) is 7. The maximum Gasteiger partial charge on any atom is 0.276 e. The normalized spacial score (nSPS) is 20.1. The molecule has 0 aromatic carbocycles. The van der Waals surface area contributed by atoms with E-state index in [-0.39, 0.29) is 29.8 Å². The van der Waals surface area contributed by atoms with Crippen molar-refractivity contribution in [3.05, 3.63) is 76.4 Å². The first-order valence-electron chi connectivity index (χ1n) is 13.2. The number of rotatable bonds is 5. The zero-order chi connectivity index (χ0) is 27.5. The van der Waals surface area contributed by atoms with Gasteiger partial charge in [0.2, 0.25) is 0 Å². The third-order valence-corrected chi connectivity index (χ3v) is 7.96. The molecular formula is C29H33N7O3. The van der Waals surface area contributed by atoms with Crippen LogP contribution in [0.4, 0.5) is 17.5 Å². The van der Waals surface area contributed by atoms with Gasteiger partial charge in [0.05, 0.1) is 6.61 Å². The highest BCUT2D eigenvalue weighted by atomic mass is 16.3. The number of anilines is 3. The molecule has 202 valence electrons. The number of nitrogens with two attached hydrogens (primary N) is 1. The van der Waals surface area contributed by atoms with Crippen molar-refractivity contribution in [2.45, 2.75) is 45.8 Å². The highest BCUT2D eigenvalue weighted by molar-refractivity contribution is 6.06. The summed E-state index contributed by atoms with van der Waals surface area (Å²) in [7, 11) is 1.74. The molecule has 0 saturated carbocycles. The molecule has 2 aliphatic heterocycles. The number of aliphatic hydroxyl groups is 1. The molecule has 0 saturated heterocycles. The highest BCUT2D eigenvalue weighted by Crippen LogP contribution is 2.40. The standard InChI is InChI=1S/C29H33N7O3/c1-29(2)13-17-12-22-28(39)36(10-9-35(22)23(17)14-29)26-20(16-37)19(7-8-31-26)18-11-21(27(38)34(3)15-18)32-25-6-4-5-24(30)33-25/h4-8,11-12,18,37H,9-10,13-16H2,1-3H3,(H3,30,32,33). The van der Waals surface area contributed by atoms with Crippen molar-refractivity contribution >= 4 is 29.3 Å². The van der Waals surface area contributed by atoms with E-state index in [2.05, 4.69) is 33.7 Å². The second-order valence-electron chi connectivity index (χ2n) is 11.4. The van der Waals surface area contributed by atoms with Gasteiger partial charge in [0.15, 0.2) is 0 Å². The fourth-order valence-corrected chi connectivity index (χ4v) is 6.20. The van der Waals surface area contributed by atoms with Crippen LogP contribution < -0.4 is 16.0 Å². The summed E-state index contributed by atoms with van der Waals surface area (Å²) in [5.41, 5.74) is 11.0. The number of aliphatic hydroxyl groups excluding tert-OH is 1. The number of carbonyl (C=O) groups is 2. The molecule has 3 aromatic heterocycles. The number of carbonyl (C=O) groups excluding carboxylic acids is 2. The predicted molar refractivity (Wildman–Crippen MR) is 148 cm³/mol. The maximum absolute atomic E-state index is 13.7. The molecule has 0 radical (unpaired) electrons. The lowest BCUT2D eigenvalue weighted by atomic mass is 9.90. The molecule has 10 nitrogen and oxygen atoms in total. The minimum Gasteiger partial charge on any atom is -0.392 e. The summed E-state index contributed by atoms with van der Waals surface area (Å²) in [6, 6.07) is 9.07. The third-order valence-electron chi connectivity index (χ3n) is 7.96. The van der Waals surface area contributed by atoms with Gasteiger partial charge in [-0.05, 0) is 59.7 Å². The zero-order valence-corrected chi connectivity index (χ0v) is 22.4. The van der Waals surface area contributed by atoms with E-state index in [0.717, 1.165) is 18.4 Å². The molecule has 4 N–H and O–H groups in total. The monoisotopic (exact) mass is 527 g/mol. The molecule has 0 fully saturated rings. The van der Waals surface area contributed by atoms with Crippen LogP contribution in [-0.4, -0.2) is 56.5 Å². The molecule has 39 heavy (non-hydrogen) atoms. The van der Waals surface area contributed by atoms with Crippen LogP contribution in [0.2, 0.25) is 0 Å². The summed E-state index contributed by atoms with van der Waals surface area (Å²) in [5, 5.41) is 13.6. The van der Waals surface area contributed by atoms with Crippen molar-refractivity contribution in [1.29, 1.82) is 0 Å². The topological polar surface area (TPSA) is 130 Å². The Morgan fingerprint density at radius 2 is 1.97 bits per heavy atom. The smallest absolute Gasteiger partial charge is 0.276 e. The van der Waals surface area contributed by atoms with Gasteiger partial charge in [-0.15, -0.1) is 0 Å². The van der Waals surface area contributed by atoms with E-state index in [1.807, 2.05) is 18.2 Å². The quantitative estimate of drug-likeness (QED) is 0.465. The lowest BCUT2D eigenvalue weighted by Crippen LogP contribution is -2.42. The van der Waals surface area contributed by atoms with Crippen LogP contribution in [0.25, 0.3) is 0 Å². The Balaban J connectivity index is 1.33. The van der Waals surface area contributed by atoms with Crippen molar-refractivity contribution in [3.8, 4) is 0 Å². The Morgan fingerprint density at radius 3 is 2.74 bits per heavy atom. The van der Waals surface area contributed by atoms with Gasteiger partial charge in [0.1, 0.15) is 28.8 Å². The molecule has 1 aliphatic carbocycles. The van der Waals surface area contributed by atoms with Crippen LogP contribution in [0, 0.1) is 5.41 Å². The van der Waals surface area contributed by atoms with E-state index < -0.39 is 0 Å². The lowest BCUT2D eigenvalue weighted by molar-refractivity contribution is -0.126. The predicted octanol–water partition coefficient (Wildman–Crippen LogP) is 2.69. The van der Waals surface area contributed by atoms with Crippen molar-refractivity contribution in [3.63, 3.8) is 0 Å². The third kappa shape index (κ3) is 4.34. The van der Waals surface area contributed by atoms with E-state index in [4.69, 9.17) is 5.73 Å². The summed E-state index contributed by atoms with van der Waals surface area (Å²) >= 11 is 0. The van der Waals surface area contributed by atoms with Gasteiger partial charge in [-0.1, -0.05) is 19.9 Å². The van der Waals surface area contributed by atoms with Gasteiger partial charge in [0, 0.05) is 50.1 Å². The van der Waals surface area contributed by atoms with Crippen LogP contribution in [0.5, 0.6) is 0 Å². The molecule has 1 unspecified atom stereocenters. The first-order chi connectivity index (χ1) is 18.6. The van der Waals surface area contributed by atoms with Crippen LogP contribution >= 0.6 is 0 Å². The highest BCUT2D eigenvalue weighted by Gasteiger charge is 2.38. The van der Waals surface area contributed by atoms with Crippen molar-refractivity contribution in [2.24, 2.45) is 5.41 Å². The lowest BCUT2D eigenvalue weighted by Gasteiger charge is -2.33. The molecule has 5 heterocycles. The Labute approximate surface area is 227 Å². The van der Waals surface area contributed by atoms with Crippen molar-refractivity contribution < 1.29 is 14.7 Å². The number of nitrogens with one attached hydrogen (secondary N) is 1. The second kappa shape index (κ2) is 9.23. The largest absolute Gasteiger partial charge is 0.392 e. The van der Waals surface area contributed by atoms with Gasteiger partial charge < -0.3 is 25.6 Å². The molecule has 1 atom stereocenters. The molecule has 3 aromatic rings. The number of amides is 2. The summed E-state index contributed by atoms with van der Waals surface area (Å²) in [4.78, 5) is 38.8. The van der Waals surface area contributed by atoms with Crippen molar-refractivity contribution in [2.75, 3.05) is 36.1 Å². The number of likely N-dealkylation sites (N-methyl/N-ethyl adjacent to an activating group) is 1. The van der Waals surface area contributed by atoms with E-state index in [0.29, 0.717) is 54.0 Å². The Hall–Kier alpha value is -4.18. The maximum atomic E-state index is 13.7. The van der Waals surface area contributed by atoms with E-state index in [1.165, 1.54) is 11.3 Å².